The van der Waals surface area contributed by atoms with Gasteiger partial charge in [0.15, 0.2) is 5.65 Å². The van der Waals surface area contributed by atoms with Crippen LogP contribution >= 0.6 is 0 Å². The lowest BCUT2D eigenvalue weighted by Crippen LogP contribution is -2.06. The second-order valence-corrected chi connectivity index (χ2v) is 6.14. The molecule has 0 aliphatic carbocycles. The van der Waals surface area contributed by atoms with E-state index in [-0.39, 0.29) is 0 Å². The van der Waals surface area contributed by atoms with Crippen molar-refractivity contribution in [3.63, 3.8) is 0 Å². The molecular formula is C16H19N7O. The maximum absolute atomic E-state index is 5.93. The van der Waals surface area contributed by atoms with Crippen LogP contribution in [0.25, 0.3) is 27.7 Å². The van der Waals surface area contributed by atoms with Crippen molar-refractivity contribution in [1.29, 1.82) is 0 Å². The summed E-state index contributed by atoms with van der Waals surface area (Å²) in [5.74, 6) is 1.63. The van der Waals surface area contributed by atoms with Gasteiger partial charge in [-0.05, 0) is 19.3 Å². The number of aromatic nitrogens is 7. The lowest BCUT2D eigenvalue weighted by atomic mass is 10.1. The Balaban J connectivity index is 1.95. The number of nitrogens with zero attached hydrogens (tertiary/aromatic N) is 7. The first-order valence-corrected chi connectivity index (χ1v) is 8.15. The molecule has 0 bridgehead atoms. The molecule has 8 nitrogen and oxygen atoms in total. The highest BCUT2D eigenvalue weighted by Gasteiger charge is 2.17. The van der Waals surface area contributed by atoms with E-state index in [9.17, 15) is 0 Å². The zero-order chi connectivity index (χ0) is 16.7. The van der Waals surface area contributed by atoms with Crippen molar-refractivity contribution in [3.05, 3.63) is 18.7 Å². The van der Waals surface area contributed by atoms with Gasteiger partial charge in [0.1, 0.15) is 6.33 Å². The fourth-order valence-electron chi connectivity index (χ4n) is 2.75. The van der Waals surface area contributed by atoms with Crippen LogP contribution in [0, 0.1) is 5.92 Å². The van der Waals surface area contributed by atoms with Crippen molar-refractivity contribution < 1.29 is 4.74 Å². The Kier molecular flexibility index (Phi) is 3.51. The van der Waals surface area contributed by atoms with Crippen LogP contribution in [-0.2, 0) is 6.54 Å². The minimum Gasteiger partial charge on any atom is -0.477 e. The van der Waals surface area contributed by atoms with Gasteiger partial charge >= 0.3 is 0 Å². The van der Waals surface area contributed by atoms with Gasteiger partial charge in [0, 0.05) is 12.7 Å². The summed E-state index contributed by atoms with van der Waals surface area (Å²) in [6.45, 7) is 7.74. The van der Waals surface area contributed by atoms with E-state index in [0.29, 0.717) is 24.2 Å². The van der Waals surface area contributed by atoms with E-state index < -0.39 is 0 Å². The van der Waals surface area contributed by atoms with Crippen LogP contribution in [-0.4, -0.2) is 41.0 Å². The van der Waals surface area contributed by atoms with E-state index in [0.717, 1.165) is 34.9 Å². The summed E-state index contributed by atoms with van der Waals surface area (Å²) in [5, 5.41) is 10.4. The molecule has 4 rings (SSSR count). The number of hydrogen-bond donors (Lipinski definition) is 0. The highest BCUT2D eigenvalue weighted by Crippen LogP contribution is 2.29. The summed E-state index contributed by atoms with van der Waals surface area (Å²) in [5.41, 5.74) is 1.70. The number of rotatable bonds is 5. The maximum atomic E-state index is 5.93. The smallest absolute Gasteiger partial charge is 0.256 e. The highest BCUT2D eigenvalue weighted by molar-refractivity contribution is 6.04. The molecule has 4 heterocycles. The SMILES string of the molecule is CCn1ncc2c1ncc1c(OCCC(C)C)nc3ncnn3c12. The summed E-state index contributed by atoms with van der Waals surface area (Å²) in [6.07, 6.45) is 6.05. The Morgan fingerprint density at radius 1 is 1.12 bits per heavy atom. The van der Waals surface area contributed by atoms with E-state index in [1.807, 2.05) is 17.8 Å². The molecule has 0 unspecified atom stereocenters. The molecule has 0 amide bonds. The molecule has 4 aromatic rings. The average molecular weight is 325 g/mol. The van der Waals surface area contributed by atoms with Gasteiger partial charge < -0.3 is 4.74 Å². The fraction of sp³-hybridized carbons (Fsp3) is 0.438. The molecular weight excluding hydrogens is 306 g/mol. The van der Waals surface area contributed by atoms with Crippen LogP contribution in [0.4, 0.5) is 0 Å². The second kappa shape index (κ2) is 5.70. The molecule has 0 spiro atoms. The summed E-state index contributed by atoms with van der Waals surface area (Å²) in [7, 11) is 0. The quantitative estimate of drug-likeness (QED) is 0.560. The van der Waals surface area contributed by atoms with Gasteiger partial charge in [-0.25, -0.2) is 9.67 Å². The van der Waals surface area contributed by atoms with E-state index in [1.165, 1.54) is 6.33 Å². The molecule has 8 heteroatoms. The molecule has 24 heavy (non-hydrogen) atoms. The van der Waals surface area contributed by atoms with E-state index >= 15 is 0 Å². The lowest BCUT2D eigenvalue weighted by molar-refractivity contribution is 0.283. The summed E-state index contributed by atoms with van der Waals surface area (Å²) in [4.78, 5) is 13.3. The molecule has 4 aromatic heterocycles. The third kappa shape index (κ3) is 2.26. The first-order valence-electron chi connectivity index (χ1n) is 8.15. The van der Waals surface area contributed by atoms with Gasteiger partial charge in [-0.1, -0.05) is 13.8 Å². The minimum atomic E-state index is 0.513. The summed E-state index contributed by atoms with van der Waals surface area (Å²) < 4.78 is 9.51. The molecule has 0 saturated carbocycles. The number of hydrogen-bond acceptors (Lipinski definition) is 6. The largest absolute Gasteiger partial charge is 0.477 e. The topological polar surface area (TPSA) is 83.0 Å². The Labute approximate surface area is 138 Å². The van der Waals surface area contributed by atoms with Gasteiger partial charge in [0.05, 0.1) is 29.1 Å². The Hall–Kier alpha value is -2.77. The molecule has 0 aromatic carbocycles. The van der Waals surface area contributed by atoms with Crippen LogP contribution in [0.5, 0.6) is 5.88 Å². The van der Waals surface area contributed by atoms with Crippen molar-refractivity contribution in [1.82, 2.24) is 34.3 Å². The van der Waals surface area contributed by atoms with E-state index in [4.69, 9.17) is 4.74 Å². The van der Waals surface area contributed by atoms with E-state index in [1.54, 1.807) is 10.7 Å². The van der Waals surface area contributed by atoms with Crippen LogP contribution < -0.4 is 4.74 Å². The Morgan fingerprint density at radius 3 is 2.79 bits per heavy atom. The fourth-order valence-corrected chi connectivity index (χ4v) is 2.75. The van der Waals surface area contributed by atoms with Gasteiger partial charge in [-0.15, -0.1) is 0 Å². The van der Waals surface area contributed by atoms with Gasteiger partial charge in [-0.2, -0.15) is 24.7 Å². The van der Waals surface area contributed by atoms with Crippen LogP contribution in [0.2, 0.25) is 0 Å². The zero-order valence-electron chi connectivity index (χ0n) is 14.0. The molecule has 0 fully saturated rings. The molecule has 0 atom stereocenters. The van der Waals surface area contributed by atoms with Crippen LogP contribution in [0.1, 0.15) is 27.2 Å². The van der Waals surface area contributed by atoms with Crippen molar-refractivity contribution >= 4 is 27.7 Å². The number of aryl methyl sites for hydroxylation is 1. The van der Waals surface area contributed by atoms with Crippen LogP contribution in [0.15, 0.2) is 18.7 Å². The molecule has 0 N–H and O–H groups in total. The van der Waals surface area contributed by atoms with Crippen molar-refractivity contribution in [2.24, 2.45) is 5.92 Å². The zero-order valence-corrected chi connectivity index (χ0v) is 14.0. The van der Waals surface area contributed by atoms with Gasteiger partial charge in [0.2, 0.25) is 5.88 Å². The highest BCUT2D eigenvalue weighted by atomic mass is 16.5. The number of ether oxygens (including phenoxy) is 1. The third-order valence-corrected chi connectivity index (χ3v) is 4.04. The van der Waals surface area contributed by atoms with Gasteiger partial charge in [-0.3, -0.25) is 0 Å². The predicted octanol–water partition coefficient (Wildman–Crippen LogP) is 2.47. The summed E-state index contributed by atoms with van der Waals surface area (Å²) >= 11 is 0. The van der Waals surface area contributed by atoms with Crippen molar-refractivity contribution in [3.8, 4) is 5.88 Å². The average Bonchev–Trinajstić information content (AvgIpc) is 3.20. The van der Waals surface area contributed by atoms with E-state index in [2.05, 4.69) is 39.0 Å². The third-order valence-electron chi connectivity index (χ3n) is 4.04. The summed E-state index contributed by atoms with van der Waals surface area (Å²) in [6, 6.07) is 0. The Bertz CT molecular complexity index is 1020. The maximum Gasteiger partial charge on any atom is 0.256 e. The first-order chi connectivity index (χ1) is 11.7. The predicted molar refractivity (Wildman–Crippen MR) is 90.0 cm³/mol. The standard InChI is InChI=1S/C16H19N7O/c1-4-22-14-11(8-19-22)13-12(7-17-14)15(24-6-5-10(2)3)21-16-18-9-20-23(13)16/h7-10H,4-6H2,1-3H3. The molecule has 0 aliphatic heterocycles. The lowest BCUT2D eigenvalue weighted by Gasteiger charge is -2.10. The van der Waals surface area contributed by atoms with Crippen LogP contribution in [0.3, 0.4) is 0 Å². The van der Waals surface area contributed by atoms with Crippen molar-refractivity contribution in [2.75, 3.05) is 6.61 Å². The molecule has 0 saturated heterocycles. The Morgan fingerprint density at radius 2 is 2.00 bits per heavy atom. The first kappa shape index (κ1) is 14.8. The molecule has 0 aliphatic rings. The number of pyridine rings is 1. The minimum absolute atomic E-state index is 0.513. The van der Waals surface area contributed by atoms with Crippen molar-refractivity contribution in [2.45, 2.75) is 33.7 Å². The number of fused-ring (bicyclic) bond motifs is 5. The second-order valence-electron chi connectivity index (χ2n) is 6.14. The molecule has 124 valence electrons. The molecule has 0 radical (unpaired) electrons. The van der Waals surface area contributed by atoms with Gasteiger partial charge in [0.25, 0.3) is 5.78 Å². The monoisotopic (exact) mass is 325 g/mol. The normalized spacial score (nSPS) is 12.0.